The number of aromatic nitrogens is 4. The zero-order valence-electron chi connectivity index (χ0n) is 37.9. The predicted octanol–water partition coefficient (Wildman–Crippen LogP) is 7.74. The Labute approximate surface area is 361 Å². The maximum absolute atomic E-state index is 5.35. The van der Waals surface area contributed by atoms with Crippen molar-refractivity contribution in [3.63, 3.8) is 0 Å². The normalized spacial score (nSPS) is 17.1. The molecule has 328 valence electrons. The van der Waals surface area contributed by atoms with Crippen LogP contribution in [0.1, 0.15) is 101 Å². The maximum atomic E-state index is 5.35. The first-order valence-electron chi connectivity index (χ1n) is 22.4. The molecule has 0 atom stereocenters. The van der Waals surface area contributed by atoms with Crippen molar-refractivity contribution in [2.75, 3.05) is 125 Å². The topological polar surface area (TPSA) is 104 Å². The number of piperazine rings is 1. The number of rotatable bonds is 8. The van der Waals surface area contributed by atoms with Crippen LogP contribution in [0.5, 0.6) is 0 Å². The Bertz CT molecular complexity index is 1700. The van der Waals surface area contributed by atoms with Gasteiger partial charge in [0.15, 0.2) is 0 Å². The van der Waals surface area contributed by atoms with Crippen molar-refractivity contribution >= 4 is 23.3 Å². The molecule has 4 aliphatic rings. The summed E-state index contributed by atoms with van der Waals surface area (Å²) in [6, 6.07) is 17.1. The van der Waals surface area contributed by atoms with Crippen molar-refractivity contribution in [2.24, 2.45) is 0 Å². The summed E-state index contributed by atoms with van der Waals surface area (Å²) in [5.41, 5.74) is 5.30. The van der Waals surface area contributed by atoms with E-state index >= 15 is 0 Å². The molecule has 60 heavy (non-hydrogen) atoms. The largest absolute Gasteiger partial charge is 0.378 e. The molecule has 1 N–H and O–H groups in total. The van der Waals surface area contributed by atoms with Gasteiger partial charge in [-0.3, -0.25) is 0 Å². The number of nitrogens with one attached hydrogen (secondary N) is 1. The first kappa shape index (κ1) is 46.7. The van der Waals surface area contributed by atoms with Crippen LogP contribution in [0.2, 0.25) is 0 Å². The zero-order chi connectivity index (χ0) is 42.7. The summed E-state index contributed by atoms with van der Waals surface area (Å²) < 4.78 is 16.0. The smallest absolute Gasteiger partial charge is 0.132 e. The van der Waals surface area contributed by atoms with E-state index in [1.54, 1.807) is 0 Å². The summed E-state index contributed by atoms with van der Waals surface area (Å²) in [4.78, 5) is 27.1. The number of anilines is 4. The predicted molar refractivity (Wildman–Crippen MR) is 247 cm³/mol. The van der Waals surface area contributed by atoms with Crippen LogP contribution in [0.4, 0.5) is 23.3 Å². The van der Waals surface area contributed by atoms with Gasteiger partial charge in [0, 0.05) is 90.2 Å². The quantitative estimate of drug-likeness (QED) is 0.188. The van der Waals surface area contributed by atoms with Crippen molar-refractivity contribution < 1.29 is 14.2 Å². The lowest BCUT2D eigenvalue weighted by molar-refractivity contribution is 0.122. The van der Waals surface area contributed by atoms with Crippen molar-refractivity contribution in [3.05, 3.63) is 95.6 Å². The molecule has 4 aliphatic heterocycles. The molecular formula is C48H73N9O3. The third-order valence-electron chi connectivity index (χ3n) is 11.2. The molecule has 0 aliphatic carbocycles. The first-order chi connectivity index (χ1) is 29.1. The minimum atomic E-state index is 0.525. The van der Waals surface area contributed by atoms with Gasteiger partial charge in [-0.25, -0.2) is 19.9 Å². The Balaban J connectivity index is 0.000000152. The van der Waals surface area contributed by atoms with E-state index in [0.717, 1.165) is 128 Å². The molecular weight excluding hydrogens is 751 g/mol. The highest BCUT2D eigenvalue weighted by Crippen LogP contribution is 2.26. The third-order valence-corrected chi connectivity index (χ3v) is 11.2. The average Bonchev–Trinajstić information content (AvgIpc) is 3.31. The molecule has 0 radical (unpaired) electrons. The molecule has 4 fully saturated rings. The van der Waals surface area contributed by atoms with Gasteiger partial charge in [-0.2, -0.15) is 0 Å². The van der Waals surface area contributed by atoms with Crippen LogP contribution in [0.3, 0.4) is 0 Å². The molecule has 0 unspecified atom stereocenters. The summed E-state index contributed by atoms with van der Waals surface area (Å²) in [6.45, 7) is 32.4. The Kier molecular flexibility index (Phi) is 19.3. The number of morpholine rings is 3. The molecule has 12 heteroatoms. The van der Waals surface area contributed by atoms with Gasteiger partial charge in [-0.1, -0.05) is 73.6 Å². The minimum Gasteiger partial charge on any atom is -0.378 e. The van der Waals surface area contributed by atoms with Crippen LogP contribution in [0, 0.1) is 0 Å². The summed E-state index contributed by atoms with van der Waals surface area (Å²) in [5.74, 6) is 6.61. The number of pyridine rings is 4. The van der Waals surface area contributed by atoms with E-state index < -0.39 is 0 Å². The molecule has 12 nitrogen and oxygen atoms in total. The third kappa shape index (κ3) is 14.7. The molecule has 4 saturated heterocycles. The highest BCUT2D eigenvalue weighted by Gasteiger charge is 2.18. The fourth-order valence-corrected chi connectivity index (χ4v) is 7.20. The number of nitrogens with zero attached hydrogens (tertiary/aromatic N) is 8. The van der Waals surface area contributed by atoms with E-state index in [1.165, 1.54) is 22.3 Å². The van der Waals surface area contributed by atoms with Gasteiger partial charge in [-0.15, -0.1) is 0 Å². The van der Waals surface area contributed by atoms with Crippen LogP contribution in [0.25, 0.3) is 0 Å². The number of hydrogen-bond acceptors (Lipinski definition) is 12. The van der Waals surface area contributed by atoms with E-state index in [9.17, 15) is 0 Å². The van der Waals surface area contributed by atoms with Crippen LogP contribution in [0.15, 0.2) is 73.3 Å². The van der Waals surface area contributed by atoms with E-state index in [-0.39, 0.29) is 0 Å². The van der Waals surface area contributed by atoms with Crippen molar-refractivity contribution in [3.8, 4) is 0 Å². The zero-order valence-corrected chi connectivity index (χ0v) is 37.9. The summed E-state index contributed by atoms with van der Waals surface area (Å²) in [7, 11) is 0. The number of hydrogen-bond donors (Lipinski definition) is 1. The Hall–Kier alpha value is -4.36. The minimum absolute atomic E-state index is 0.525. The van der Waals surface area contributed by atoms with Crippen LogP contribution in [-0.4, -0.2) is 125 Å². The Morgan fingerprint density at radius 2 is 0.917 bits per heavy atom. The van der Waals surface area contributed by atoms with Gasteiger partial charge >= 0.3 is 0 Å². The Morgan fingerprint density at radius 1 is 0.450 bits per heavy atom. The van der Waals surface area contributed by atoms with Crippen LogP contribution in [-0.2, 0) is 14.2 Å². The second-order valence-electron chi connectivity index (χ2n) is 16.9. The lowest BCUT2D eigenvalue weighted by atomic mass is 10.0. The van der Waals surface area contributed by atoms with E-state index in [2.05, 4.69) is 143 Å². The molecule has 0 bridgehead atoms. The summed E-state index contributed by atoms with van der Waals surface area (Å²) >= 11 is 0. The van der Waals surface area contributed by atoms with E-state index in [0.29, 0.717) is 23.7 Å². The van der Waals surface area contributed by atoms with E-state index in [1.807, 2.05) is 30.9 Å². The lowest BCUT2D eigenvalue weighted by Gasteiger charge is -2.30. The van der Waals surface area contributed by atoms with Gasteiger partial charge < -0.3 is 39.1 Å². The fraction of sp³-hybridized carbons (Fsp3) is 0.583. The second kappa shape index (κ2) is 24.8. The molecule has 0 aromatic carbocycles. The molecule has 0 saturated carbocycles. The van der Waals surface area contributed by atoms with Crippen molar-refractivity contribution in [1.29, 1.82) is 0 Å². The van der Waals surface area contributed by atoms with Gasteiger partial charge in [0.1, 0.15) is 23.3 Å². The molecule has 8 heterocycles. The van der Waals surface area contributed by atoms with Crippen molar-refractivity contribution in [1.82, 2.24) is 25.3 Å². The highest BCUT2D eigenvalue weighted by atomic mass is 16.5. The summed E-state index contributed by atoms with van der Waals surface area (Å²) in [6.07, 6.45) is 7.76. The van der Waals surface area contributed by atoms with Gasteiger partial charge in [0.25, 0.3) is 0 Å². The fourth-order valence-electron chi connectivity index (χ4n) is 7.20. The van der Waals surface area contributed by atoms with Gasteiger partial charge in [-0.05, 0) is 76.3 Å². The lowest BCUT2D eigenvalue weighted by Crippen LogP contribution is -2.43. The molecule has 4 aromatic rings. The molecule has 8 rings (SSSR count). The van der Waals surface area contributed by atoms with E-state index in [4.69, 9.17) is 14.2 Å². The monoisotopic (exact) mass is 824 g/mol. The summed E-state index contributed by atoms with van der Waals surface area (Å²) in [5, 5.41) is 3.34. The highest BCUT2D eigenvalue weighted by molar-refractivity contribution is 5.48. The Morgan fingerprint density at radius 3 is 1.37 bits per heavy atom. The number of ether oxygens (including phenoxy) is 3. The van der Waals surface area contributed by atoms with Gasteiger partial charge in [0.2, 0.25) is 0 Å². The molecule has 4 aromatic heterocycles. The maximum Gasteiger partial charge on any atom is 0.132 e. The van der Waals surface area contributed by atoms with Gasteiger partial charge in [0.05, 0.1) is 39.6 Å². The molecule has 0 spiro atoms. The second-order valence-corrected chi connectivity index (χ2v) is 16.9. The van der Waals surface area contributed by atoms with Crippen LogP contribution < -0.4 is 24.9 Å². The SMILES string of the molecule is CC(C)c1ccc(N2CCNCC2)nc1.CC(C)c1ccc(N2CCOCC2)nc1.CC(C)c1cccnc1N1CCOCC1.CC(C)c1ccnc(N2CCOCC2)c1. The standard InChI is InChI=1S/C12H19N3.3C12H18N2O/c1-10(2)11-3-4-12(14-9-11)15-7-5-13-6-8-15;1-10(2)11-3-4-13-12(9-11)14-5-7-15-8-6-14;1-10(2)11-3-4-12(13-9-11)14-5-7-15-8-6-14;1-10(2)11-4-3-5-13-12(11)14-6-8-15-9-7-14/h3-4,9-10,13H,5-8H2,1-2H3;2*3-4,9-10H,5-8H2,1-2H3;3-5,10H,6-9H2,1-2H3. The average molecular weight is 824 g/mol. The first-order valence-corrected chi connectivity index (χ1v) is 22.4. The van der Waals surface area contributed by atoms with Crippen LogP contribution >= 0.6 is 0 Å². The van der Waals surface area contributed by atoms with Crippen molar-refractivity contribution in [2.45, 2.75) is 79.1 Å². The molecule has 0 amide bonds.